The molecule has 0 aliphatic rings. The Morgan fingerprint density at radius 3 is 2.47 bits per heavy atom. The molecule has 1 N–H and O–H groups in total. The maximum Gasteiger partial charge on any atom is 0.101 e. The number of furan rings is 1. The second-order valence-corrected chi connectivity index (χ2v) is 5.19. The van der Waals surface area contributed by atoms with Crippen molar-refractivity contribution in [3.63, 3.8) is 0 Å². The predicted octanol–water partition coefficient (Wildman–Crippen LogP) is 4.18. The molecule has 0 aliphatic carbocycles. The summed E-state index contributed by atoms with van der Waals surface area (Å²) in [5, 5.41) is 3.60. The molecule has 1 unspecified atom stereocenters. The molecule has 2 aromatic rings. The van der Waals surface area contributed by atoms with E-state index in [9.17, 15) is 0 Å². The molecule has 1 heterocycles. The first kappa shape index (κ1) is 13.9. The SMILES string of the molecule is CCCNC(Cc1ccc(C)cc1)c1coc(C)c1. The lowest BCUT2D eigenvalue weighted by molar-refractivity contribution is 0.503. The molecule has 19 heavy (non-hydrogen) atoms. The quantitative estimate of drug-likeness (QED) is 0.839. The van der Waals surface area contributed by atoms with Gasteiger partial charge in [-0.15, -0.1) is 0 Å². The van der Waals surface area contributed by atoms with Crippen LogP contribution in [0.25, 0.3) is 0 Å². The molecule has 0 saturated carbocycles. The molecule has 102 valence electrons. The fraction of sp³-hybridized carbons (Fsp3) is 0.412. The summed E-state index contributed by atoms with van der Waals surface area (Å²) >= 11 is 0. The first-order chi connectivity index (χ1) is 9.19. The monoisotopic (exact) mass is 257 g/mol. The van der Waals surface area contributed by atoms with Crippen LogP contribution in [-0.2, 0) is 6.42 Å². The van der Waals surface area contributed by atoms with Crippen LogP contribution < -0.4 is 5.32 Å². The Balaban J connectivity index is 2.11. The van der Waals surface area contributed by atoms with E-state index in [1.54, 1.807) is 0 Å². The standard InChI is InChI=1S/C17H23NO/c1-4-9-18-17(16-10-14(3)19-12-16)11-15-7-5-13(2)6-8-15/h5-8,10,12,17-18H,4,9,11H2,1-3H3. The van der Waals surface area contributed by atoms with Crippen LogP contribution in [0.3, 0.4) is 0 Å². The van der Waals surface area contributed by atoms with Gasteiger partial charge in [-0.05, 0) is 44.9 Å². The van der Waals surface area contributed by atoms with Gasteiger partial charge in [-0.2, -0.15) is 0 Å². The van der Waals surface area contributed by atoms with Gasteiger partial charge < -0.3 is 9.73 Å². The van der Waals surface area contributed by atoms with Gasteiger partial charge >= 0.3 is 0 Å². The van der Waals surface area contributed by atoms with Gasteiger partial charge in [-0.1, -0.05) is 36.8 Å². The van der Waals surface area contributed by atoms with Crippen LogP contribution in [0, 0.1) is 13.8 Å². The lowest BCUT2D eigenvalue weighted by Gasteiger charge is -2.17. The molecule has 0 bridgehead atoms. The third-order valence-corrected chi connectivity index (χ3v) is 3.35. The molecule has 0 radical (unpaired) electrons. The van der Waals surface area contributed by atoms with Gasteiger partial charge in [0.05, 0.1) is 6.26 Å². The van der Waals surface area contributed by atoms with Gasteiger partial charge in [0.25, 0.3) is 0 Å². The number of benzene rings is 1. The minimum absolute atomic E-state index is 0.333. The van der Waals surface area contributed by atoms with Crippen LogP contribution in [-0.4, -0.2) is 6.54 Å². The lowest BCUT2D eigenvalue weighted by atomic mass is 10.00. The van der Waals surface area contributed by atoms with Crippen molar-refractivity contribution in [1.29, 1.82) is 0 Å². The third kappa shape index (κ3) is 3.97. The molecule has 0 aliphatic heterocycles. The number of hydrogen-bond donors (Lipinski definition) is 1. The minimum Gasteiger partial charge on any atom is -0.469 e. The van der Waals surface area contributed by atoms with E-state index < -0.39 is 0 Å². The Bertz CT molecular complexity index is 498. The molecule has 2 rings (SSSR count). The van der Waals surface area contributed by atoms with E-state index in [2.05, 4.69) is 49.5 Å². The van der Waals surface area contributed by atoms with Crippen molar-refractivity contribution in [3.05, 3.63) is 59.0 Å². The molecule has 0 amide bonds. The number of nitrogens with one attached hydrogen (secondary N) is 1. The zero-order valence-electron chi connectivity index (χ0n) is 12.1. The van der Waals surface area contributed by atoms with Gasteiger partial charge in [0.15, 0.2) is 0 Å². The van der Waals surface area contributed by atoms with Crippen LogP contribution in [0.5, 0.6) is 0 Å². The maximum absolute atomic E-state index is 5.44. The molecule has 0 spiro atoms. The summed E-state index contributed by atoms with van der Waals surface area (Å²) in [4.78, 5) is 0. The van der Waals surface area contributed by atoms with Crippen molar-refractivity contribution in [3.8, 4) is 0 Å². The minimum atomic E-state index is 0.333. The number of rotatable bonds is 6. The Morgan fingerprint density at radius 2 is 1.89 bits per heavy atom. The summed E-state index contributed by atoms with van der Waals surface area (Å²) in [6, 6.07) is 11.2. The second-order valence-electron chi connectivity index (χ2n) is 5.19. The molecule has 0 fully saturated rings. The van der Waals surface area contributed by atoms with E-state index in [0.717, 1.165) is 25.1 Å². The highest BCUT2D eigenvalue weighted by molar-refractivity contribution is 5.25. The summed E-state index contributed by atoms with van der Waals surface area (Å²) in [7, 11) is 0. The molecule has 2 nitrogen and oxygen atoms in total. The molecule has 2 heteroatoms. The maximum atomic E-state index is 5.44. The van der Waals surface area contributed by atoms with Gasteiger partial charge in [0.1, 0.15) is 5.76 Å². The van der Waals surface area contributed by atoms with Crippen LogP contribution >= 0.6 is 0 Å². The van der Waals surface area contributed by atoms with Crippen molar-refractivity contribution in [2.45, 2.75) is 39.7 Å². The molecule has 1 aromatic carbocycles. The topological polar surface area (TPSA) is 25.2 Å². The summed E-state index contributed by atoms with van der Waals surface area (Å²) < 4.78 is 5.44. The van der Waals surface area contributed by atoms with E-state index in [4.69, 9.17) is 4.42 Å². The van der Waals surface area contributed by atoms with Gasteiger partial charge in [-0.25, -0.2) is 0 Å². The third-order valence-electron chi connectivity index (χ3n) is 3.35. The first-order valence-corrected chi connectivity index (χ1v) is 7.03. The second kappa shape index (κ2) is 6.58. The van der Waals surface area contributed by atoms with Crippen LogP contribution in [0.2, 0.25) is 0 Å². The molecule has 1 aromatic heterocycles. The average molecular weight is 257 g/mol. The lowest BCUT2D eigenvalue weighted by Crippen LogP contribution is -2.23. The Labute approximate surface area is 115 Å². The summed E-state index contributed by atoms with van der Waals surface area (Å²) in [5.74, 6) is 0.974. The highest BCUT2D eigenvalue weighted by Gasteiger charge is 2.13. The smallest absolute Gasteiger partial charge is 0.101 e. The first-order valence-electron chi connectivity index (χ1n) is 7.03. The predicted molar refractivity (Wildman–Crippen MR) is 79.4 cm³/mol. The highest BCUT2D eigenvalue weighted by Crippen LogP contribution is 2.21. The van der Waals surface area contributed by atoms with Crippen molar-refractivity contribution in [1.82, 2.24) is 5.32 Å². The molecular weight excluding hydrogens is 234 g/mol. The highest BCUT2D eigenvalue weighted by atomic mass is 16.3. The van der Waals surface area contributed by atoms with E-state index in [1.807, 2.05) is 13.2 Å². The Hall–Kier alpha value is -1.54. The van der Waals surface area contributed by atoms with Crippen LogP contribution in [0.4, 0.5) is 0 Å². The Kier molecular flexibility index (Phi) is 4.80. The van der Waals surface area contributed by atoms with Crippen LogP contribution in [0.1, 0.15) is 41.8 Å². The summed E-state index contributed by atoms with van der Waals surface area (Å²) in [5.41, 5.74) is 3.91. The fourth-order valence-corrected chi connectivity index (χ4v) is 2.23. The van der Waals surface area contributed by atoms with Gasteiger partial charge in [0, 0.05) is 11.6 Å². The average Bonchev–Trinajstić information content (AvgIpc) is 2.83. The zero-order chi connectivity index (χ0) is 13.7. The van der Waals surface area contributed by atoms with Crippen LogP contribution in [0.15, 0.2) is 41.0 Å². The number of aryl methyl sites for hydroxylation is 2. The largest absolute Gasteiger partial charge is 0.469 e. The Morgan fingerprint density at radius 1 is 1.16 bits per heavy atom. The van der Waals surface area contributed by atoms with E-state index >= 15 is 0 Å². The van der Waals surface area contributed by atoms with E-state index in [-0.39, 0.29) is 0 Å². The van der Waals surface area contributed by atoms with Crippen molar-refractivity contribution in [2.75, 3.05) is 6.54 Å². The van der Waals surface area contributed by atoms with Gasteiger partial charge in [-0.3, -0.25) is 0 Å². The van der Waals surface area contributed by atoms with E-state index in [0.29, 0.717) is 6.04 Å². The zero-order valence-corrected chi connectivity index (χ0v) is 12.1. The summed E-state index contributed by atoms with van der Waals surface area (Å²) in [6.07, 6.45) is 4.01. The van der Waals surface area contributed by atoms with E-state index in [1.165, 1.54) is 16.7 Å². The summed E-state index contributed by atoms with van der Waals surface area (Å²) in [6.45, 7) is 7.33. The molecule has 1 atom stereocenters. The van der Waals surface area contributed by atoms with Crippen molar-refractivity contribution in [2.24, 2.45) is 0 Å². The van der Waals surface area contributed by atoms with Gasteiger partial charge in [0.2, 0.25) is 0 Å². The van der Waals surface area contributed by atoms with Crippen molar-refractivity contribution >= 4 is 0 Å². The fourth-order valence-electron chi connectivity index (χ4n) is 2.23. The normalized spacial score (nSPS) is 12.6. The van der Waals surface area contributed by atoms with Crippen molar-refractivity contribution < 1.29 is 4.42 Å². The molecule has 0 saturated heterocycles. The number of hydrogen-bond acceptors (Lipinski definition) is 2. The molecular formula is C17H23NO.